The van der Waals surface area contributed by atoms with Crippen molar-refractivity contribution in [2.24, 2.45) is 0 Å². The van der Waals surface area contributed by atoms with Crippen LogP contribution in [0.25, 0.3) is 0 Å². The van der Waals surface area contributed by atoms with Crippen LogP contribution < -0.4 is 5.32 Å². The van der Waals surface area contributed by atoms with E-state index in [0.29, 0.717) is 17.7 Å². The minimum Gasteiger partial charge on any atom is -0.478 e. The van der Waals surface area contributed by atoms with Gasteiger partial charge in [0.05, 0.1) is 23.8 Å². The Morgan fingerprint density at radius 1 is 1.19 bits per heavy atom. The van der Waals surface area contributed by atoms with Crippen molar-refractivity contribution in [1.82, 2.24) is 5.32 Å². The van der Waals surface area contributed by atoms with E-state index in [2.05, 4.69) is 5.32 Å². The molecule has 0 heterocycles. The molecule has 1 atom stereocenters. The molecule has 0 bridgehead atoms. The number of ether oxygens (including phenoxy) is 2. The molecule has 0 aliphatic rings. The van der Waals surface area contributed by atoms with Crippen LogP contribution in [-0.2, 0) is 9.47 Å². The van der Waals surface area contributed by atoms with Gasteiger partial charge in [0.15, 0.2) is 0 Å². The van der Waals surface area contributed by atoms with Crippen molar-refractivity contribution in [2.75, 3.05) is 27.4 Å². The molecule has 1 aromatic rings. The highest BCUT2D eigenvalue weighted by Crippen LogP contribution is 2.18. The number of methoxy groups -OCH3 is 2. The maximum atomic E-state index is 12.3. The maximum Gasteiger partial charge on any atom is 0.336 e. The lowest BCUT2D eigenvalue weighted by atomic mass is 9.96. The summed E-state index contributed by atoms with van der Waals surface area (Å²) in [6, 6.07) is 3.43. The minimum atomic E-state index is -1.11. The number of carboxylic acids is 1. The van der Waals surface area contributed by atoms with Crippen molar-refractivity contribution in [2.45, 2.75) is 20.0 Å². The highest BCUT2D eigenvalue weighted by atomic mass is 16.5. The third kappa shape index (κ3) is 4.27. The van der Waals surface area contributed by atoms with Gasteiger partial charge < -0.3 is 19.9 Å². The van der Waals surface area contributed by atoms with Crippen LogP contribution >= 0.6 is 0 Å². The first-order valence-electron chi connectivity index (χ1n) is 6.55. The SMILES string of the molecule is COCC(CNC(=O)c1c(C)ccc(C)c1C(=O)O)OC. The number of rotatable bonds is 7. The van der Waals surface area contributed by atoms with Gasteiger partial charge in [-0.1, -0.05) is 12.1 Å². The summed E-state index contributed by atoms with van der Waals surface area (Å²) in [7, 11) is 3.07. The summed E-state index contributed by atoms with van der Waals surface area (Å²) < 4.78 is 10.1. The minimum absolute atomic E-state index is 0.0354. The zero-order valence-corrected chi connectivity index (χ0v) is 12.7. The molecule has 0 fully saturated rings. The summed E-state index contributed by atoms with van der Waals surface area (Å²) in [5.41, 5.74) is 1.40. The van der Waals surface area contributed by atoms with Gasteiger partial charge in [-0.25, -0.2) is 4.79 Å². The van der Waals surface area contributed by atoms with Gasteiger partial charge in [0.1, 0.15) is 0 Å². The molecule has 0 aromatic heterocycles. The molecule has 1 amide bonds. The number of aromatic carboxylic acids is 1. The number of carboxylic acid groups (broad SMARTS) is 1. The summed E-state index contributed by atoms with van der Waals surface area (Å²) >= 11 is 0. The van der Waals surface area contributed by atoms with E-state index in [1.165, 1.54) is 7.11 Å². The largest absolute Gasteiger partial charge is 0.478 e. The Labute approximate surface area is 124 Å². The third-order valence-corrected chi connectivity index (χ3v) is 3.24. The molecule has 21 heavy (non-hydrogen) atoms. The average molecular weight is 295 g/mol. The number of hydrogen-bond donors (Lipinski definition) is 2. The molecule has 116 valence electrons. The van der Waals surface area contributed by atoms with Crippen molar-refractivity contribution in [3.63, 3.8) is 0 Å². The number of nitrogens with one attached hydrogen (secondary N) is 1. The average Bonchev–Trinajstić information content (AvgIpc) is 2.44. The molecular weight excluding hydrogens is 274 g/mol. The maximum absolute atomic E-state index is 12.3. The quantitative estimate of drug-likeness (QED) is 0.794. The van der Waals surface area contributed by atoms with E-state index in [4.69, 9.17) is 9.47 Å². The zero-order chi connectivity index (χ0) is 16.0. The molecule has 0 radical (unpaired) electrons. The van der Waals surface area contributed by atoms with Crippen molar-refractivity contribution < 1.29 is 24.2 Å². The number of aryl methyl sites for hydroxylation is 2. The highest BCUT2D eigenvalue weighted by molar-refractivity contribution is 6.06. The molecule has 0 saturated heterocycles. The van der Waals surface area contributed by atoms with E-state index in [1.54, 1.807) is 33.1 Å². The molecule has 0 saturated carbocycles. The van der Waals surface area contributed by atoms with Gasteiger partial charge in [-0.3, -0.25) is 4.79 Å². The Kier molecular flexibility index (Phi) is 6.33. The van der Waals surface area contributed by atoms with Gasteiger partial charge >= 0.3 is 5.97 Å². The molecule has 0 aliphatic carbocycles. The topological polar surface area (TPSA) is 84.9 Å². The number of carbonyl (C=O) groups is 2. The summed E-state index contributed by atoms with van der Waals surface area (Å²) in [4.78, 5) is 23.7. The number of carbonyl (C=O) groups excluding carboxylic acids is 1. The lowest BCUT2D eigenvalue weighted by molar-refractivity contribution is 0.0285. The van der Waals surface area contributed by atoms with E-state index >= 15 is 0 Å². The van der Waals surface area contributed by atoms with Gasteiger partial charge in [0.2, 0.25) is 0 Å². The Morgan fingerprint density at radius 3 is 2.24 bits per heavy atom. The van der Waals surface area contributed by atoms with Crippen molar-refractivity contribution >= 4 is 11.9 Å². The molecule has 6 nitrogen and oxygen atoms in total. The Balaban J connectivity index is 2.97. The van der Waals surface area contributed by atoms with E-state index in [9.17, 15) is 14.7 Å². The van der Waals surface area contributed by atoms with Crippen LogP contribution in [0.4, 0.5) is 0 Å². The normalized spacial score (nSPS) is 12.0. The summed E-state index contributed by atoms with van der Waals surface area (Å²) in [6.07, 6.45) is -0.280. The van der Waals surface area contributed by atoms with E-state index in [-0.39, 0.29) is 23.8 Å². The Morgan fingerprint density at radius 2 is 1.76 bits per heavy atom. The van der Waals surface area contributed by atoms with Crippen molar-refractivity contribution in [3.8, 4) is 0 Å². The lowest BCUT2D eigenvalue weighted by Crippen LogP contribution is -2.36. The van der Waals surface area contributed by atoms with E-state index < -0.39 is 11.9 Å². The molecule has 1 rings (SSSR count). The standard InChI is InChI=1S/C15H21NO5/c1-9-5-6-10(2)13(15(18)19)12(9)14(17)16-7-11(21-4)8-20-3/h5-6,11H,7-8H2,1-4H3,(H,16,17)(H,18,19). The fourth-order valence-corrected chi connectivity index (χ4v) is 2.07. The monoisotopic (exact) mass is 295 g/mol. The second kappa shape index (κ2) is 7.75. The molecule has 1 unspecified atom stereocenters. The molecule has 0 spiro atoms. The summed E-state index contributed by atoms with van der Waals surface area (Å²) in [5.74, 6) is -1.53. The molecule has 1 aromatic carbocycles. The van der Waals surface area contributed by atoms with Crippen LogP contribution in [0, 0.1) is 13.8 Å². The van der Waals surface area contributed by atoms with Crippen LogP contribution in [0.5, 0.6) is 0 Å². The van der Waals surface area contributed by atoms with Gasteiger partial charge in [0, 0.05) is 20.8 Å². The van der Waals surface area contributed by atoms with Crippen LogP contribution in [0.15, 0.2) is 12.1 Å². The van der Waals surface area contributed by atoms with Gasteiger partial charge in [0.25, 0.3) is 5.91 Å². The van der Waals surface area contributed by atoms with Gasteiger partial charge in [-0.15, -0.1) is 0 Å². The third-order valence-electron chi connectivity index (χ3n) is 3.24. The van der Waals surface area contributed by atoms with Crippen LogP contribution in [0.1, 0.15) is 31.8 Å². The molecule has 2 N–H and O–H groups in total. The second-order valence-electron chi connectivity index (χ2n) is 4.78. The summed E-state index contributed by atoms with van der Waals surface area (Å²) in [6.45, 7) is 3.97. The van der Waals surface area contributed by atoms with E-state index in [1.807, 2.05) is 0 Å². The van der Waals surface area contributed by atoms with Crippen molar-refractivity contribution in [3.05, 3.63) is 34.4 Å². The van der Waals surface area contributed by atoms with Gasteiger partial charge in [-0.05, 0) is 25.0 Å². The van der Waals surface area contributed by atoms with Crippen LogP contribution in [-0.4, -0.2) is 50.5 Å². The number of benzene rings is 1. The molecule has 6 heteroatoms. The first kappa shape index (κ1) is 17.1. The second-order valence-corrected chi connectivity index (χ2v) is 4.78. The first-order valence-corrected chi connectivity index (χ1v) is 6.55. The van der Waals surface area contributed by atoms with Crippen LogP contribution in [0.3, 0.4) is 0 Å². The molecular formula is C15H21NO5. The predicted molar refractivity (Wildman–Crippen MR) is 77.9 cm³/mol. The Hall–Kier alpha value is -1.92. The predicted octanol–water partition coefficient (Wildman–Crippen LogP) is 1.39. The smallest absolute Gasteiger partial charge is 0.336 e. The number of hydrogen-bond acceptors (Lipinski definition) is 4. The van der Waals surface area contributed by atoms with Crippen molar-refractivity contribution in [1.29, 1.82) is 0 Å². The number of amides is 1. The molecule has 0 aliphatic heterocycles. The van der Waals surface area contributed by atoms with E-state index in [0.717, 1.165) is 0 Å². The first-order chi connectivity index (χ1) is 9.92. The van der Waals surface area contributed by atoms with Crippen LogP contribution in [0.2, 0.25) is 0 Å². The fourth-order valence-electron chi connectivity index (χ4n) is 2.07. The summed E-state index contributed by atoms with van der Waals surface area (Å²) in [5, 5.41) is 12.0. The Bertz CT molecular complexity index is 527. The van der Waals surface area contributed by atoms with Gasteiger partial charge in [-0.2, -0.15) is 0 Å². The fraction of sp³-hybridized carbons (Fsp3) is 0.467. The highest BCUT2D eigenvalue weighted by Gasteiger charge is 2.21. The lowest BCUT2D eigenvalue weighted by Gasteiger charge is -2.17. The zero-order valence-electron chi connectivity index (χ0n) is 12.7.